The van der Waals surface area contributed by atoms with Crippen molar-refractivity contribution in [3.8, 4) is 17.1 Å². The number of rotatable bonds is 13. The summed E-state index contributed by atoms with van der Waals surface area (Å²) in [6.45, 7) is 2.79. The number of hydrogen-bond donors (Lipinski definition) is 2. The van der Waals surface area contributed by atoms with Crippen molar-refractivity contribution in [2.75, 3.05) is 17.7 Å². The Balaban J connectivity index is 1.22. The second-order valence-corrected chi connectivity index (χ2v) is 10.9. The lowest BCUT2D eigenvalue weighted by Gasteiger charge is -2.15. The van der Waals surface area contributed by atoms with Crippen LogP contribution in [0.2, 0.25) is 0 Å². The van der Waals surface area contributed by atoms with Gasteiger partial charge < -0.3 is 24.7 Å². The monoisotopic (exact) mass is 676 g/mol. The molecule has 0 aliphatic carbocycles. The highest BCUT2D eigenvalue weighted by atomic mass is 19.4. The van der Waals surface area contributed by atoms with Crippen LogP contribution in [0.3, 0.4) is 0 Å². The Morgan fingerprint density at radius 2 is 1.76 bits per heavy atom. The molecule has 14 heteroatoms. The van der Waals surface area contributed by atoms with Gasteiger partial charge in [0.1, 0.15) is 18.8 Å². The molecule has 1 amide bonds. The van der Waals surface area contributed by atoms with Crippen LogP contribution in [-0.4, -0.2) is 38.7 Å². The molecule has 0 saturated heterocycles. The molecular weight excluding hydrogens is 644 g/mol. The fourth-order valence-electron chi connectivity index (χ4n) is 4.88. The highest BCUT2D eigenvalue weighted by Gasteiger charge is 2.31. The lowest BCUT2D eigenvalue weighted by atomic mass is 10.1. The molecule has 254 valence electrons. The van der Waals surface area contributed by atoms with Crippen molar-refractivity contribution >= 4 is 23.3 Å². The maximum absolute atomic E-state index is 14.2. The fraction of sp³-hybridized carbons (Fsp3) is 0.229. The molecule has 0 fully saturated rings. The fourth-order valence-corrected chi connectivity index (χ4v) is 4.88. The molecule has 0 aliphatic heterocycles. The third-order valence-electron chi connectivity index (χ3n) is 7.41. The van der Waals surface area contributed by atoms with Crippen LogP contribution in [0.5, 0.6) is 5.88 Å². The third kappa shape index (κ3) is 8.97. The minimum absolute atomic E-state index is 0.0402. The number of carbonyl (C=O) groups is 2. The predicted octanol–water partition coefficient (Wildman–Crippen LogP) is 7.07. The Kier molecular flexibility index (Phi) is 10.9. The first-order valence-corrected chi connectivity index (χ1v) is 15.2. The number of hydrogen-bond acceptors (Lipinski definition) is 8. The van der Waals surface area contributed by atoms with Gasteiger partial charge in [-0.3, -0.25) is 4.79 Å². The zero-order chi connectivity index (χ0) is 35.0. The summed E-state index contributed by atoms with van der Waals surface area (Å²) >= 11 is 0. The van der Waals surface area contributed by atoms with Crippen LogP contribution in [0.1, 0.15) is 46.2 Å². The van der Waals surface area contributed by atoms with E-state index in [1.165, 1.54) is 7.11 Å². The summed E-state index contributed by atoms with van der Waals surface area (Å²) < 4.78 is 65.1. The van der Waals surface area contributed by atoms with Gasteiger partial charge in [-0.25, -0.2) is 14.2 Å². The van der Waals surface area contributed by atoms with Crippen molar-refractivity contribution in [2.24, 2.45) is 0 Å². The maximum Gasteiger partial charge on any atom is 0.416 e. The van der Waals surface area contributed by atoms with Crippen LogP contribution < -0.4 is 15.4 Å². The number of nitrogens with one attached hydrogen (secondary N) is 2. The zero-order valence-corrected chi connectivity index (χ0v) is 26.6. The Bertz CT molecular complexity index is 1930. The SMILES string of the molecule is CCCn1cnnc1CNc1cc(C(=O)OC)ccc1NC(=O)Cc1ccc(-c2cccc(OCc3ccc(C(F)(F)F)cc3F)n2)cc1. The minimum Gasteiger partial charge on any atom is -0.473 e. The number of alkyl halides is 3. The minimum atomic E-state index is -4.64. The quantitative estimate of drug-likeness (QED) is 0.100. The molecule has 5 rings (SSSR count). The molecule has 5 aromatic rings. The zero-order valence-electron chi connectivity index (χ0n) is 26.6. The molecule has 2 heterocycles. The molecule has 0 atom stereocenters. The molecule has 0 bridgehead atoms. The van der Waals surface area contributed by atoms with Gasteiger partial charge in [0.05, 0.1) is 48.3 Å². The Hall–Kier alpha value is -5.79. The van der Waals surface area contributed by atoms with E-state index in [4.69, 9.17) is 9.47 Å². The molecule has 2 N–H and O–H groups in total. The average Bonchev–Trinajstić information content (AvgIpc) is 3.54. The molecule has 0 radical (unpaired) electrons. The van der Waals surface area contributed by atoms with E-state index in [0.29, 0.717) is 41.1 Å². The van der Waals surface area contributed by atoms with Gasteiger partial charge in [0, 0.05) is 23.7 Å². The average molecular weight is 677 g/mol. The summed E-state index contributed by atoms with van der Waals surface area (Å²) in [7, 11) is 1.29. The van der Waals surface area contributed by atoms with E-state index in [2.05, 4.69) is 25.8 Å². The van der Waals surface area contributed by atoms with Gasteiger partial charge in [0.2, 0.25) is 11.8 Å². The van der Waals surface area contributed by atoms with E-state index < -0.39 is 23.5 Å². The lowest BCUT2D eigenvalue weighted by molar-refractivity contribution is -0.137. The molecule has 3 aromatic carbocycles. The van der Waals surface area contributed by atoms with Crippen molar-refractivity contribution in [1.29, 1.82) is 0 Å². The van der Waals surface area contributed by atoms with Crippen molar-refractivity contribution in [3.05, 3.63) is 119 Å². The second kappa shape index (κ2) is 15.4. The van der Waals surface area contributed by atoms with Crippen molar-refractivity contribution in [3.63, 3.8) is 0 Å². The summed E-state index contributed by atoms with van der Waals surface area (Å²) in [6.07, 6.45) is -2.04. The third-order valence-corrected chi connectivity index (χ3v) is 7.41. The molecule has 10 nitrogen and oxygen atoms in total. The number of methoxy groups -OCH3 is 1. The van der Waals surface area contributed by atoms with E-state index >= 15 is 0 Å². The van der Waals surface area contributed by atoms with Gasteiger partial charge in [0.25, 0.3) is 0 Å². The molecular formula is C35H32F4N6O4. The van der Waals surface area contributed by atoms with Crippen LogP contribution >= 0.6 is 0 Å². The number of carbonyl (C=O) groups excluding carboxylic acids is 2. The normalized spacial score (nSPS) is 11.2. The standard InChI is InChI=1S/C35H32F4N6O4/c1-3-15-45-21-41-44-31(45)19-40-30-17-24(34(47)48-2)12-14-29(30)42-32(46)16-22-7-9-23(10-8-22)28-5-4-6-33(43-28)49-20-25-11-13-26(18-27(25)36)35(37,38)39/h4-14,17-18,21,40H,3,15-16,19-20H2,1-2H3,(H,42,46). The number of anilines is 2. The summed E-state index contributed by atoms with van der Waals surface area (Å²) in [4.78, 5) is 29.7. The van der Waals surface area contributed by atoms with Gasteiger partial charge in [-0.05, 0) is 48.4 Å². The number of esters is 1. The van der Waals surface area contributed by atoms with Crippen LogP contribution in [0.25, 0.3) is 11.3 Å². The predicted molar refractivity (Wildman–Crippen MR) is 173 cm³/mol. The second-order valence-electron chi connectivity index (χ2n) is 10.9. The van der Waals surface area contributed by atoms with Crippen molar-refractivity contribution in [2.45, 2.75) is 45.6 Å². The van der Waals surface area contributed by atoms with Gasteiger partial charge >= 0.3 is 12.1 Å². The Morgan fingerprint density at radius 1 is 0.959 bits per heavy atom. The van der Waals surface area contributed by atoms with Gasteiger partial charge in [-0.1, -0.05) is 43.3 Å². The molecule has 0 aliphatic rings. The molecule has 0 saturated carbocycles. The van der Waals surface area contributed by atoms with Crippen LogP contribution in [0, 0.1) is 5.82 Å². The Labute approximate surface area is 279 Å². The number of nitrogens with zero attached hydrogens (tertiary/aromatic N) is 4. The smallest absolute Gasteiger partial charge is 0.416 e. The number of ether oxygens (including phenoxy) is 2. The first-order chi connectivity index (χ1) is 23.5. The summed E-state index contributed by atoms with van der Waals surface area (Å²) in [5, 5.41) is 14.3. The number of aromatic nitrogens is 4. The van der Waals surface area contributed by atoms with E-state index in [1.807, 2.05) is 11.5 Å². The first-order valence-electron chi connectivity index (χ1n) is 15.2. The molecule has 0 unspecified atom stereocenters. The van der Waals surface area contributed by atoms with Gasteiger partial charge in [-0.2, -0.15) is 13.2 Å². The summed E-state index contributed by atoms with van der Waals surface area (Å²) in [6, 6.07) is 19.2. The van der Waals surface area contributed by atoms with Gasteiger partial charge in [-0.15, -0.1) is 10.2 Å². The molecule has 0 spiro atoms. The lowest BCUT2D eigenvalue weighted by Crippen LogP contribution is -2.17. The van der Waals surface area contributed by atoms with Crippen LogP contribution in [-0.2, 0) is 41.8 Å². The number of halogens is 4. The van der Waals surface area contributed by atoms with Crippen LogP contribution in [0.15, 0.2) is 85.2 Å². The summed E-state index contributed by atoms with van der Waals surface area (Å²) in [5.74, 6) is -0.977. The summed E-state index contributed by atoms with van der Waals surface area (Å²) in [5.41, 5.74) is 2.14. The highest BCUT2D eigenvalue weighted by molar-refractivity contribution is 5.98. The number of benzene rings is 3. The number of amides is 1. The number of aryl methyl sites for hydroxylation is 1. The largest absolute Gasteiger partial charge is 0.473 e. The Morgan fingerprint density at radius 3 is 2.47 bits per heavy atom. The highest BCUT2D eigenvalue weighted by Crippen LogP contribution is 2.31. The van der Waals surface area contributed by atoms with Crippen molar-refractivity contribution < 1.29 is 36.6 Å². The van der Waals surface area contributed by atoms with E-state index in [0.717, 1.165) is 36.2 Å². The number of pyridine rings is 1. The molecule has 49 heavy (non-hydrogen) atoms. The first kappa shape index (κ1) is 34.5. The topological polar surface area (TPSA) is 120 Å². The van der Waals surface area contributed by atoms with Gasteiger partial charge in [0.15, 0.2) is 5.82 Å². The van der Waals surface area contributed by atoms with Crippen LogP contribution in [0.4, 0.5) is 28.9 Å². The van der Waals surface area contributed by atoms with Crippen molar-refractivity contribution in [1.82, 2.24) is 19.7 Å². The maximum atomic E-state index is 14.2. The van der Waals surface area contributed by atoms with E-state index in [-0.39, 0.29) is 30.4 Å². The molecule has 2 aromatic heterocycles. The van der Waals surface area contributed by atoms with E-state index in [1.54, 1.807) is 67.0 Å². The van der Waals surface area contributed by atoms with E-state index in [9.17, 15) is 27.2 Å².